The van der Waals surface area contributed by atoms with Crippen molar-refractivity contribution in [2.45, 2.75) is 0 Å². The van der Waals surface area contributed by atoms with Crippen molar-refractivity contribution in [3.05, 3.63) is 94.5 Å². The third kappa shape index (κ3) is 6.13. The van der Waals surface area contributed by atoms with Crippen LogP contribution in [0.2, 0.25) is 0 Å². The number of rotatable bonds is 4. The van der Waals surface area contributed by atoms with Gasteiger partial charge in [-0.05, 0) is 72.9 Å². The van der Waals surface area contributed by atoms with Gasteiger partial charge in [-0.3, -0.25) is 20.4 Å². The molecule has 0 bridgehead atoms. The number of nitrogens with one attached hydrogen (secondary N) is 4. The summed E-state index contributed by atoms with van der Waals surface area (Å²) in [7, 11) is 0. The van der Waals surface area contributed by atoms with Crippen LogP contribution in [0, 0.1) is 0 Å². The Morgan fingerprint density at radius 3 is 1.86 bits per heavy atom. The first-order valence-corrected chi connectivity index (χ1v) is 9.81. The number of hydrogen-bond acceptors (Lipinski definition) is 3. The third-order valence-electron chi connectivity index (χ3n) is 3.83. The maximum atomic E-state index is 12.2. The van der Waals surface area contributed by atoms with Crippen LogP contribution in [-0.2, 0) is 0 Å². The van der Waals surface area contributed by atoms with Crippen molar-refractivity contribution < 1.29 is 9.59 Å². The molecule has 0 unspecified atom stereocenters. The average molecular weight is 469 g/mol. The number of anilines is 2. The quantitative estimate of drug-likeness (QED) is 0.338. The lowest BCUT2D eigenvalue weighted by Crippen LogP contribution is -2.43. The fraction of sp³-hybridized carbons (Fsp3) is 0. The Morgan fingerprint density at radius 1 is 0.655 bits per heavy atom. The van der Waals surface area contributed by atoms with Crippen molar-refractivity contribution >= 4 is 56.4 Å². The normalized spacial score (nSPS) is 9.97. The van der Waals surface area contributed by atoms with Gasteiger partial charge < -0.3 is 10.6 Å². The molecule has 0 saturated heterocycles. The molecule has 8 heteroatoms. The number of benzene rings is 3. The first-order chi connectivity index (χ1) is 14.0. The Hall–Kier alpha value is -3.23. The highest BCUT2D eigenvalue weighted by Gasteiger charge is 2.08. The molecule has 6 nitrogen and oxygen atoms in total. The van der Waals surface area contributed by atoms with E-state index in [1.165, 1.54) is 0 Å². The van der Waals surface area contributed by atoms with Crippen LogP contribution in [0.4, 0.5) is 11.4 Å². The van der Waals surface area contributed by atoms with Gasteiger partial charge in [0, 0.05) is 27.0 Å². The van der Waals surface area contributed by atoms with E-state index in [1.54, 1.807) is 48.5 Å². The summed E-state index contributed by atoms with van der Waals surface area (Å²) in [5.41, 5.74) is 7.54. The van der Waals surface area contributed by atoms with Gasteiger partial charge in [-0.1, -0.05) is 34.1 Å². The van der Waals surface area contributed by atoms with Crippen LogP contribution in [0.1, 0.15) is 20.7 Å². The van der Waals surface area contributed by atoms with Gasteiger partial charge in [-0.25, -0.2) is 0 Å². The fourth-order valence-electron chi connectivity index (χ4n) is 2.38. The van der Waals surface area contributed by atoms with Crippen molar-refractivity contribution in [3.63, 3.8) is 0 Å². The molecular formula is C21H17BrN4O2S. The van der Waals surface area contributed by atoms with Crippen LogP contribution in [0.15, 0.2) is 83.3 Å². The molecule has 3 rings (SSSR count). The predicted molar refractivity (Wildman–Crippen MR) is 122 cm³/mol. The highest BCUT2D eigenvalue weighted by Crippen LogP contribution is 2.14. The Morgan fingerprint density at radius 2 is 1.21 bits per heavy atom. The molecule has 0 aliphatic carbocycles. The third-order valence-corrected chi connectivity index (χ3v) is 4.57. The zero-order valence-electron chi connectivity index (χ0n) is 15.1. The summed E-state index contributed by atoms with van der Waals surface area (Å²) in [5.74, 6) is -0.570. The summed E-state index contributed by atoms with van der Waals surface area (Å²) in [6.45, 7) is 0. The van der Waals surface area contributed by atoms with Gasteiger partial charge in [0.1, 0.15) is 0 Å². The van der Waals surface area contributed by atoms with E-state index in [2.05, 4.69) is 37.4 Å². The van der Waals surface area contributed by atoms with Crippen LogP contribution >= 0.6 is 28.1 Å². The summed E-state index contributed by atoms with van der Waals surface area (Å²) in [6, 6.07) is 22.9. The fourth-order valence-corrected chi connectivity index (χ4v) is 2.81. The second kappa shape index (κ2) is 9.81. The predicted octanol–water partition coefficient (Wildman–Crippen LogP) is 4.33. The Balaban J connectivity index is 1.50. The van der Waals surface area contributed by atoms with Gasteiger partial charge >= 0.3 is 0 Å². The van der Waals surface area contributed by atoms with Crippen molar-refractivity contribution in [2.75, 3.05) is 10.6 Å². The van der Waals surface area contributed by atoms with Crippen LogP contribution in [0.5, 0.6) is 0 Å². The van der Waals surface area contributed by atoms with E-state index in [9.17, 15) is 9.59 Å². The minimum Gasteiger partial charge on any atom is -0.331 e. The van der Waals surface area contributed by atoms with Gasteiger partial charge in [-0.15, -0.1) is 0 Å². The largest absolute Gasteiger partial charge is 0.331 e. The van der Waals surface area contributed by atoms with Gasteiger partial charge in [0.05, 0.1) is 0 Å². The van der Waals surface area contributed by atoms with Gasteiger partial charge in [0.25, 0.3) is 11.8 Å². The molecule has 0 aromatic heterocycles. The van der Waals surface area contributed by atoms with Crippen LogP contribution in [0.25, 0.3) is 0 Å². The van der Waals surface area contributed by atoms with E-state index in [-0.39, 0.29) is 16.9 Å². The molecule has 0 aliphatic heterocycles. The number of carbonyl (C=O) groups excluding carboxylic acids is 2. The van der Waals surface area contributed by atoms with Gasteiger partial charge in [0.2, 0.25) is 0 Å². The van der Waals surface area contributed by atoms with Crippen LogP contribution in [0.3, 0.4) is 0 Å². The minimum absolute atomic E-state index is 0.214. The maximum absolute atomic E-state index is 12.2. The minimum atomic E-state index is -0.356. The van der Waals surface area contributed by atoms with Crippen LogP contribution < -0.4 is 21.5 Å². The first-order valence-electron chi connectivity index (χ1n) is 8.60. The van der Waals surface area contributed by atoms with Crippen molar-refractivity contribution in [1.29, 1.82) is 0 Å². The molecular weight excluding hydrogens is 452 g/mol. The second-order valence-electron chi connectivity index (χ2n) is 5.94. The van der Waals surface area contributed by atoms with E-state index in [0.717, 1.165) is 10.2 Å². The van der Waals surface area contributed by atoms with Crippen molar-refractivity contribution in [3.8, 4) is 0 Å². The SMILES string of the molecule is O=C(NNC(=S)Nc1ccc(Br)cc1)c1ccc(NC(=O)c2ccccc2)cc1. The van der Waals surface area contributed by atoms with Gasteiger partial charge in [-0.2, -0.15) is 0 Å². The molecule has 0 atom stereocenters. The molecule has 0 heterocycles. The van der Waals surface area contributed by atoms with Crippen molar-refractivity contribution in [2.24, 2.45) is 0 Å². The molecule has 29 heavy (non-hydrogen) atoms. The Bertz CT molecular complexity index is 1010. The number of carbonyl (C=O) groups is 2. The molecule has 0 spiro atoms. The highest BCUT2D eigenvalue weighted by molar-refractivity contribution is 9.10. The second-order valence-corrected chi connectivity index (χ2v) is 7.26. The maximum Gasteiger partial charge on any atom is 0.269 e. The Kier molecular flexibility index (Phi) is 6.94. The van der Waals surface area contributed by atoms with Crippen molar-refractivity contribution in [1.82, 2.24) is 10.9 Å². The summed E-state index contributed by atoms with van der Waals surface area (Å²) >= 11 is 8.52. The summed E-state index contributed by atoms with van der Waals surface area (Å²) in [5, 5.41) is 6.00. The summed E-state index contributed by atoms with van der Waals surface area (Å²) < 4.78 is 0.957. The lowest BCUT2D eigenvalue weighted by Gasteiger charge is -2.12. The molecule has 146 valence electrons. The van der Waals surface area contributed by atoms with E-state index in [1.807, 2.05) is 30.3 Å². The molecule has 2 amide bonds. The summed E-state index contributed by atoms with van der Waals surface area (Å²) in [6.07, 6.45) is 0. The smallest absolute Gasteiger partial charge is 0.269 e. The topological polar surface area (TPSA) is 82.3 Å². The number of hydrogen-bond donors (Lipinski definition) is 4. The molecule has 3 aromatic rings. The van der Waals surface area contributed by atoms with E-state index in [0.29, 0.717) is 16.8 Å². The zero-order valence-corrected chi connectivity index (χ0v) is 17.5. The molecule has 4 N–H and O–H groups in total. The summed E-state index contributed by atoms with van der Waals surface area (Å²) in [4.78, 5) is 24.4. The van der Waals surface area contributed by atoms with Crippen LogP contribution in [-0.4, -0.2) is 16.9 Å². The monoisotopic (exact) mass is 468 g/mol. The van der Waals surface area contributed by atoms with E-state index in [4.69, 9.17) is 12.2 Å². The number of amides is 2. The standard InChI is InChI=1S/C21H17BrN4O2S/c22-16-8-12-18(13-9-16)24-21(29)26-25-20(28)15-6-10-17(11-7-15)23-19(27)14-4-2-1-3-5-14/h1-13H,(H,23,27)(H,25,28)(H2,24,26,29). The van der Waals surface area contributed by atoms with E-state index >= 15 is 0 Å². The number of hydrazine groups is 1. The molecule has 0 aliphatic rings. The zero-order chi connectivity index (χ0) is 20.6. The highest BCUT2D eigenvalue weighted by atomic mass is 79.9. The van der Waals surface area contributed by atoms with E-state index < -0.39 is 0 Å². The molecule has 0 saturated carbocycles. The lowest BCUT2D eigenvalue weighted by atomic mass is 10.2. The molecule has 0 radical (unpaired) electrons. The first kappa shape index (κ1) is 20.5. The Labute approximate surface area is 181 Å². The number of thiocarbonyl (C=S) groups is 1. The average Bonchev–Trinajstić information content (AvgIpc) is 2.75. The lowest BCUT2D eigenvalue weighted by molar-refractivity contribution is 0.0943. The molecule has 3 aromatic carbocycles. The number of halogens is 1. The molecule has 0 fully saturated rings. The van der Waals surface area contributed by atoms with Gasteiger partial charge in [0.15, 0.2) is 5.11 Å².